The third-order valence-corrected chi connectivity index (χ3v) is 21.4. The number of amides is 1. The van der Waals surface area contributed by atoms with E-state index in [-0.39, 0.29) is 54.3 Å². The molecule has 1 amide bonds. The first-order valence-electron chi connectivity index (χ1n) is 25.1. The van der Waals surface area contributed by atoms with Crippen LogP contribution in [0.5, 0.6) is 0 Å². The van der Waals surface area contributed by atoms with Gasteiger partial charge in [-0.2, -0.15) is 0 Å². The number of nitrogens with two attached hydrogens (primary N) is 1. The maximum Gasteiger partial charge on any atom is 0.310 e. The molecule has 0 unspecified atom stereocenters. The molecule has 7 fully saturated rings. The van der Waals surface area contributed by atoms with Gasteiger partial charge in [0.25, 0.3) is 0 Å². The molecule has 6 aliphatic carbocycles. The number of aliphatic carboxylic acids is 1. The number of nitrogens with one attached hydrogen (secondary N) is 2. The van der Waals surface area contributed by atoms with Gasteiger partial charge in [0.1, 0.15) is 18.3 Å². The van der Waals surface area contributed by atoms with Crippen LogP contribution in [0.3, 0.4) is 0 Å². The van der Waals surface area contributed by atoms with Crippen molar-refractivity contribution in [2.24, 2.45) is 73.2 Å². The Morgan fingerprint density at radius 1 is 0.985 bits per heavy atom. The number of ether oxygens (including phenoxy) is 2. The van der Waals surface area contributed by atoms with Crippen LogP contribution >= 0.6 is 0 Å². The summed E-state index contributed by atoms with van der Waals surface area (Å²) in [6.45, 7) is 8.12. The molecule has 66 heavy (non-hydrogen) atoms. The fourth-order valence-electron chi connectivity index (χ4n) is 17.8. The first kappa shape index (κ1) is 48.5. The van der Waals surface area contributed by atoms with Crippen LogP contribution < -0.4 is 11.1 Å². The summed E-state index contributed by atoms with van der Waals surface area (Å²) in [5.74, 6) is -3.64. The number of aliphatic hydroxyl groups is 7. The summed E-state index contributed by atoms with van der Waals surface area (Å²) in [4.78, 5) is 35.3. The SMILES string of the molecule is C[C@]1(CO)CC[C@]2(C(=O)O)CC[C@]34CCC[C@@]5(CC=C3[C@@H]2C1)[C@@]1(C)[C@H](C[C@H]2[C@H]([C@H](CCCN)c3cnc[nH]3)NC(=O)[C@@H]2CO)[C@@H](O)[C@@H](O[C@@H]2OC[C@@H](O)[C@H](O)[C@H]2O)[C@@](C)(CO)[C@H]1CC[C@@]45C. The number of carboxylic acid groups (broad SMARTS) is 1. The average molecular weight is 927 g/mol. The van der Waals surface area contributed by atoms with Gasteiger partial charge in [-0.15, -0.1) is 0 Å². The van der Waals surface area contributed by atoms with Crippen LogP contribution in [0.4, 0.5) is 0 Å². The highest BCUT2D eigenvalue weighted by molar-refractivity contribution is 5.82. The van der Waals surface area contributed by atoms with Crippen LogP contribution in [0, 0.1) is 67.5 Å². The van der Waals surface area contributed by atoms with E-state index in [9.17, 15) is 50.4 Å². The van der Waals surface area contributed by atoms with Crippen LogP contribution in [0.1, 0.15) is 129 Å². The second-order valence-electron chi connectivity index (χ2n) is 23.6. The second-order valence-corrected chi connectivity index (χ2v) is 23.6. The van der Waals surface area contributed by atoms with Crippen molar-refractivity contribution in [1.82, 2.24) is 15.3 Å². The number of carboxylic acids is 1. The van der Waals surface area contributed by atoms with Crippen molar-refractivity contribution < 1.29 is 59.9 Å². The van der Waals surface area contributed by atoms with Crippen molar-refractivity contribution in [1.29, 1.82) is 0 Å². The molecule has 370 valence electrons. The van der Waals surface area contributed by atoms with Crippen molar-refractivity contribution in [3.05, 3.63) is 29.9 Å². The topological polar surface area (TPSA) is 281 Å². The van der Waals surface area contributed by atoms with Gasteiger partial charge < -0.3 is 66.4 Å². The monoisotopic (exact) mass is 927 g/mol. The lowest BCUT2D eigenvalue weighted by Gasteiger charge is -2.80. The van der Waals surface area contributed by atoms with Gasteiger partial charge in [0.05, 0.1) is 49.7 Å². The van der Waals surface area contributed by atoms with Crippen molar-refractivity contribution in [2.75, 3.05) is 33.0 Å². The Bertz CT molecular complexity index is 2010. The molecule has 2 saturated heterocycles. The van der Waals surface area contributed by atoms with E-state index in [1.807, 2.05) is 6.92 Å². The van der Waals surface area contributed by atoms with Crippen molar-refractivity contribution in [2.45, 2.75) is 166 Å². The van der Waals surface area contributed by atoms with Gasteiger partial charge in [-0.1, -0.05) is 45.8 Å². The minimum atomic E-state index is -1.64. The second kappa shape index (κ2) is 17.1. The molecule has 20 atom stereocenters. The molecule has 5 saturated carbocycles. The number of rotatable bonds is 13. The number of H-pyrrole nitrogens is 1. The van der Waals surface area contributed by atoms with Gasteiger partial charge in [-0.25, -0.2) is 4.98 Å². The zero-order valence-corrected chi connectivity index (χ0v) is 39.4. The van der Waals surface area contributed by atoms with Gasteiger partial charge in [0.2, 0.25) is 5.91 Å². The van der Waals surface area contributed by atoms with Crippen LogP contribution in [0.2, 0.25) is 0 Å². The number of hydrogen-bond donors (Lipinski definition) is 11. The average Bonchev–Trinajstić information content (AvgIpc) is 3.94. The third-order valence-electron chi connectivity index (χ3n) is 21.4. The van der Waals surface area contributed by atoms with E-state index >= 15 is 0 Å². The zero-order chi connectivity index (χ0) is 47.4. The first-order valence-corrected chi connectivity index (χ1v) is 25.1. The number of aromatic amines is 1. The highest BCUT2D eigenvalue weighted by atomic mass is 16.7. The number of carbonyl (C=O) groups excluding carboxylic acids is 1. The summed E-state index contributed by atoms with van der Waals surface area (Å²) >= 11 is 0. The van der Waals surface area contributed by atoms with E-state index in [0.29, 0.717) is 64.3 Å². The number of aliphatic hydroxyl groups excluding tert-OH is 7. The molecule has 9 rings (SSSR count). The molecule has 1 aromatic heterocycles. The lowest BCUT2D eigenvalue weighted by Crippen LogP contribution is -2.77. The molecule has 12 N–H and O–H groups in total. The smallest absolute Gasteiger partial charge is 0.310 e. The number of carbonyl (C=O) groups is 2. The lowest BCUT2D eigenvalue weighted by molar-refractivity contribution is -0.358. The van der Waals surface area contributed by atoms with E-state index in [1.165, 1.54) is 5.57 Å². The summed E-state index contributed by atoms with van der Waals surface area (Å²) in [6.07, 6.45) is 6.69. The van der Waals surface area contributed by atoms with Gasteiger partial charge in [-0.05, 0) is 141 Å². The molecule has 1 spiro atoms. The molecule has 8 aliphatic rings. The number of fused-ring (bicyclic) bond motifs is 3. The minimum absolute atomic E-state index is 0.00669. The molecular weight excluding hydrogens is 849 g/mol. The summed E-state index contributed by atoms with van der Waals surface area (Å²) in [5.41, 5.74) is 3.77. The van der Waals surface area contributed by atoms with Gasteiger partial charge >= 0.3 is 5.97 Å². The highest BCUT2D eigenvalue weighted by Crippen LogP contribution is 2.85. The van der Waals surface area contributed by atoms with E-state index in [0.717, 1.165) is 37.8 Å². The number of nitrogens with zero attached hydrogens (tertiary/aromatic N) is 1. The Morgan fingerprint density at radius 2 is 1.74 bits per heavy atom. The zero-order valence-electron chi connectivity index (χ0n) is 39.4. The largest absolute Gasteiger partial charge is 0.481 e. The summed E-state index contributed by atoms with van der Waals surface area (Å²) in [7, 11) is 0. The maximum absolute atomic E-state index is 14.1. The van der Waals surface area contributed by atoms with Crippen LogP contribution in [-0.2, 0) is 19.1 Å². The Hall–Kier alpha value is -2.51. The van der Waals surface area contributed by atoms with Crippen LogP contribution in [-0.4, -0.2) is 139 Å². The van der Waals surface area contributed by atoms with E-state index in [2.05, 4.69) is 42.1 Å². The van der Waals surface area contributed by atoms with Crippen LogP contribution in [0.25, 0.3) is 0 Å². The standard InChI is InChI=1S/C50H78N4O12/c1-44(24-56)14-15-48(43(63)64)16-17-49-10-6-11-50(13-8-30(49)32(48)20-44)46(49,3)12-9-35-45(2,25-57)40(66-42-39(61)38(60)34(58)23-65-42)37(59)31(47(35,50)4)19-28-29(22-55)41(62)54-36(28)27(7-5-18-51)33-21-52-26-53-33/h8,21,26-29,31-32,34-40,42,55-61H,5-7,9-20,22-25,51H2,1-4H3,(H,52,53)(H,54,62)(H,63,64)/t27-,28-,29-,31-,32+,34-,35-,36+,37-,38+,39-,40-,42+,44+,45+,46+,47+,48+,49-,50+/m1/s1. The number of imidazole rings is 1. The quantitative estimate of drug-likeness (QED) is 0.100. The van der Waals surface area contributed by atoms with E-state index < -0.39 is 100 Å². The Labute approximate surface area is 388 Å². The number of aromatic nitrogens is 2. The van der Waals surface area contributed by atoms with Crippen molar-refractivity contribution >= 4 is 11.9 Å². The predicted molar refractivity (Wildman–Crippen MR) is 240 cm³/mol. The fraction of sp³-hybridized carbons (Fsp3) is 0.860. The fourth-order valence-corrected chi connectivity index (χ4v) is 17.8. The Balaban J connectivity index is 1.21. The Kier molecular flexibility index (Phi) is 12.6. The Morgan fingerprint density at radius 3 is 2.41 bits per heavy atom. The van der Waals surface area contributed by atoms with E-state index in [4.69, 9.17) is 15.2 Å². The maximum atomic E-state index is 14.1. The van der Waals surface area contributed by atoms with Crippen molar-refractivity contribution in [3.63, 3.8) is 0 Å². The van der Waals surface area contributed by atoms with Gasteiger partial charge in [0.15, 0.2) is 6.29 Å². The molecule has 16 heteroatoms. The third kappa shape index (κ3) is 6.54. The lowest BCUT2D eigenvalue weighted by atomic mass is 9.24. The molecule has 0 radical (unpaired) electrons. The number of hydrogen-bond acceptors (Lipinski definition) is 13. The summed E-state index contributed by atoms with van der Waals surface area (Å²) in [5, 5.41) is 94.0. The molecule has 2 bridgehead atoms. The van der Waals surface area contributed by atoms with E-state index in [1.54, 1.807) is 12.5 Å². The van der Waals surface area contributed by atoms with Gasteiger partial charge in [0, 0.05) is 35.9 Å². The highest BCUT2D eigenvalue weighted by Gasteiger charge is 2.80. The van der Waals surface area contributed by atoms with Gasteiger partial charge in [-0.3, -0.25) is 9.59 Å². The number of allylic oxidation sites excluding steroid dienone is 2. The molecule has 2 aliphatic heterocycles. The molecule has 0 aromatic carbocycles. The summed E-state index contributed by atoms with van der Waals surface area (Å²) in [6, 6.07) is -0.459. The molecular formula is C50H78N4O12. The van der Waals surface area contributed by atoms with Crippen LogP contribution in [0.15, 0.2) is 24.2 Å². The predicted octanol–water partition coefficient (Wildman–Crippen LogP) is 2.73. The summed E-state index contributed by atoms with van der Waals surface area (Å²) < 4.78 is 12.5. The minimum Gasteiger partial charge on any atom is -0.481 e. The van der Waals surface area contributed by atoms with Crippen molar-refractivity contribution in [3.8, 4) is 0 Å². The molecule has 1 aromatic rings. The molecule has 3 heterocycles. The molecule has 16 nitrogen and oxygen atoms in total. The first-order chi connectivity index (χ1) is 31.3. The normalized spacial score (nSPS) is 50.2.